The Labute approximate surface area is 194 Å². The molecule has 170 valence electrons. The number of hydrogen-bond donors (Lipinski definition) is 2. The van der Waals surface area contributed by atoms with Crippen molar-refractivity contribution in [2.45, 2.75) is 26.4 Å². The summed E-state index contributed by atoms with van der Waals surface area (Å²) in [4.78, 5) is 4.73. The lowest BCUT2D eigenvalue weighted by Gasteiger charge is -2.13. The highest BCUT2D eigenvalue weighted by atomic mass is 16.5. The molecule has 33 heavy (non-hydrogen) atoms. The number of aryl methyl sites for hydroxylation is 1. The molecule has 0 spiro atoms. The van der Waals surface area contributed by atoms with Gasteiger partial charge in [-0.25, -0.2) is 4.99 Å². The van der Waals surface area contributed by atoms with Crippen molar-refractivity contribution in [1.82, 2.24) is 25.4 Å². The van der Waals surface area contributed by atoms with Crippen molar-refractivity contribution in [3.63, 3.8) is 0 Å². The van der Waals surface area contributed by atoms with Crippen LogP contribution in [0.5, 0.6) is 5.75 Å². The smallest absolute Gasteiger partial charge is 0.191 e. The fourth-order valence-corrected chi connectivity index (χ4v) is 3.42. The second-order valence-electron chi connectivity index (χ2n) is 7.86. The van der Waals surface area contributed by atoms with Crippen LogP contribution in [-0.4, -0.2) is 33.9 Å². The summed E-state index contributed by atoms with van der Waals surface area (Å²) in [6.07, 6.45) is 0.849. The van der Waals surface area contributed by atoms with E-state index in [0.717, 1.165) is 41.9 Å². The fraction of sp³-hybridized carbons (Fsp3) is 0.269. The molecule has 0 atom stereocenters. The summed E-state index contributed by atoms with van der Waals surface area (Å²) in [6.45, 7) is 4.45. The van der Waals surface area contributed by atoms with Crippen LogP contribution in [0.25, 0.3) is 10.8 Å². The number of aliphatic imine (C=N–C) groups is 1. The Morgan fingerprint density at radius 1 is 0.939 bits per heavy atom. The summed E-state index contributed by atoms with van der Waals surface area (Å²) in [5.74, 6) is 3.38. The van der Waals surface area contributed by atoms with Gasteiger partial charge in [-0.1, -0.05) is 60.7 Å². The summed E-state index contributed by atoms with van der Waals surface area (Å²) in [7, 11) is 1.96. The molecule has 1 heterocycles. The minimum absolute atomic E-state index is 0.547. The number of hydrogen-bond acceptors (Lipinski definition) is 4. The van der Waals surface area contributed by atoms with Gasteiger partial charge in [0.2, 0.25) is 0 Å². The second kappa shape index (κ2) is 11.1. The highest BCUT2D eigenvalue weighted by Gasteiger charge is 2.06. The molecule has 7 heteroatoms. The molecule has 4 rings (SSSR count). The van der Waals surface area contributed by atoms with Crippen molar-refractivity contribution in [3.8, 4) is 5.75 Å². The van der Waals surface area contributed by atoms with Gasteiger partial charge in [-0.15, -0.1) is 10.2 Å². The Kier molecular flexibility index (Phi) is 7.53. The molecule has 0 saturated carbocycles. The van der Waals surface area contributed by atoms with E-state index in [9.17, 15) is 0 Å². The normalized spacial score (nSPS) is 11.5. The lowest BCUT2D eigenvalue weighted by atomic mass is 10.1. The first-order valence-corrected chi connectivity index (χ1v) is 11.2. The summed E-state index contributed by atoms with van der Waals surface area (Å²) >= 11 is 0. The van der Waals surface area contributed by atoms with E-state index in [-0.39, 0.29) is 0 Å². The number of nitrogens with zero attached hydrogens (tertiary/aromatic N) is 4. The van der Waals surface area contributed by atoms with E-state index in [4.69, 9.17) is 9.73 Å². The molecule has 0 unspecified atom stereocenters. The quantitative estimate of drug-likeness (QED) is 0.233. The van der Waals surface area contributed by atoms with E-state index in [2.05, 4.69) is 57.2 Å². The molecule has 0 fully saturated rings. The van der Waals surface area contributed by atoms with E-state index in [1.54, 1.807) is 0 Å². The highest BCUT2D eigenvalue weighted by molar-refractivity contribution is 5.83. The van der Waals surface area contributed by atoms with Crippen LogP contribution in [0.2, 0.25) is 0 Å². The van der Waals surface area contributed by atoms with E-state index in [1.165, 1.54) is 10.8 Å². The molecule has 0 radical (unpaired) electrons. The largest absolute Gasteiger partial charge is 0.494 e. The third-order valence-corrected chi connectivity index (χ3v) is 5.46. The van der Waals surface area contributed by atoms with Crippen molar-refractivity contribution in [1.29, 1.82) is 0 Å². The summed E-state index contributed by atoms with van der Waals surface area (Å²) in [5.41, 5.74) is 1.16. The number of aromatic nitrogens is 3. The Balaban J connectivity index is 1.29. The zero-order valence-corrected chi connectivity index (χ0v) is 19.2. The molecular weight excluding hydrogens is 412 g/mol. The number of benzene rings is 3. The molecule has 4 aromatic rings. The molecule has 1 aromatic heterocycles. The molecular formula is C26H30N6O. The third-order valence-electron chi connectivity index (χ3n) is 5.46. The summed E-state index contributed by atoms with van der Waals surface area (Å²) in [6, 6.07) is 24.7. The molecule has 3 aromatic carbocycles. The van der Waals surface area contributed by atoms with E-state index in [0.29, 0.717) is 19.7 Å². The number of nitrogens with one attached hydrogen (secondary N) is 2. The topological polar surface area (TPSA) is 76.4 Å². The average Bonchev–Trinajstić information content (AvgIpc) is 3.18. The van der Waals surface area contributed by atoms with Crippen LogP contribution in [0.4, 0.5) is 0 Å². The molecule has 2 N–H and O–H groups in total. The van der Waals surface area contributed by atoms with Crippen LogP contribution in [-0.2, 0) is 20.1 Å². The van der Waals surface area contributed by atoms with Crippen molar-refractivity contribution < 1.29 is 4.74 Å². The summed E-state index contributed by atoms with van der Waals surface area (Å²) in [5, 5.41) is 17.5. The minimum Gasteiger partial charge on any atom is -0.494 e. The monoisotopic (exact) mass is 442 g/mol. The van der Waals surface area contributed by atoms with Gasteiger partial charge in [0.25, 0.3) is 0 Å². The standard InChI is InChI=1S/C26H30N6O/c1-20-30-31-25(32(20)2)19-29-26(28-18-21-9-4-3-5-10-21)27-15-8-16-33-24-14-13-22-11-6-7-12-23(22)17-24/h3-7,9-14,17H,8,15-16,18-19H2,1-2H3,(H2,27,28,29). The van der Waals surface area contributed by atoms with Gasteiger partial charge in [0.15, 0.2) is 11.8 Å². The first-order chi connectivity index (χ1) is 16.2. The van der Waals surface area contributed by atoms with Gasteiger partial charge < -0.3 is 19.9 Å². The minimum atomic E-state index is 0.547. The number of guanidine groups is 1. The van der Waals surface area contributed by atoms with Gasteiger partial charge in [0.1, 0.15) is 11.6 Å². The molecule has 0 bridgehead atoms. The van der Waals surface area contributed by atoms with Gasteiger partial charge in [-0.05, 0) is 41.8 Å². The molecule has 0 saturated heterocycles. The zero-order chi connectivity index (χ0) is 22.9. The maximum atomic E-state index is 5.95. The van der Waals surface area contributed by atoms with Crippen molar-refractivity contribution in [3.05, 3.63) is 90.0 Å². The molecule has 0 amide bonds. The number of fused-ring (bicyclic) bond motifs is 1. The van der Waals surface area contributed by atoms with Crippen molar-refractivity contribution in [2.24, 2.45) is 12.0 Å². The van der Waals surface area contributed by atoms with Gasteiger partial charge in [-0.2, -0.15) is 0 Å². The van der Waals surface area contributed by atoms with Gasteiger partial charge in [0.05, 0.1) is 19.7 Å². The highest BCUT2D eigenvalue weighted by Crippen LogP contribution is 2.20. The Morgan fingerprint density at radius 2 is 1.73 bits per heavy atom. The predicted molar refractivity (Wildman–Crippen MR) is 132 cm³/mol. The van der Waals surface area contributed by atoms with E-state index < -0.39 is 0 Å². The van der Waals surface area contributed by atoms with Gasteiger partial charge in [0, 0.05) is 13.6 Å². The Bertz CT molecular complexity index is 1200. The van der Waals surface area contributed by atoms with Crippen LogP contribution in [0.1, 0.15) is 23.6 Å². The molecule has 0 aliphatic heterocycles. The maximum absolute atomic E-state index is 5.95. The lowest BCUT2D eigenvalue weighted by Crippen LogP contribution is -2.38. The fourth-order valence-electron chi connectivity index (χ4n) is 3.42. The second-order valence-corrected chi connectivity index (χ2v) is 7.86. The van der Waals surface area contributed by atoms with Crippen molar-refractivity contribution in [2.75, 3.05) is 13.2 Å². The van der Waals surface area contributed by atoms with Gasteiger partial charge >= 0.3 is 0 Å². The molecule has 7 nitrogen and oxygen atoms in total. The average molecular weight is 443 g/mol. The Hall–Kier alpha value is -3.87. The summed E-state index contributed by atoms with van der Waals surface area (Å²) < 4.78 is 7.92. The first kappa shape index (κ1) is 22.3. The number of ether oxygens (including phenoxy) is 1. The van der Waals surface area contributed by atoms with Gasteiger partial charge in [-0.3, -0.25) is 0 Å². The number of rotatable bonds is 9. The molecule has 0 aliphatic carbocycles. The van der Waals surface area contributed by atoms with Crippen LogP contribution in [0.3, 0.4) is 0 Å². The SMILES string of the molecule is Cc1nnc(CNC(=NCc2ccccc2)NCCCOc2ccc3ccccc3c2)n1C. The van der Waals surface area contributed by atoms with Crippen molar-refractivity contribution >= 4 is 16.7 Å². The van der Waals surface area contributed by atoms with Crippen LogP contribution < -0.4 is 15.4 Å². The maximum Gasteiger partial charge on any atom is 0.191 e. The van der Waals surface area contributed by atoms with Crippen LogP contribution >= 0.6 is 0 Å². The molecule has 0 aliphatic rings. The lowest BCUT2D eigenvalue weighted by molar-refractivity contribution is 0.311. The predicted octanol–water partition coefficient (Wildman–Crippen LogP) is 3.98. The Morgan fingerprint density at radius 3 is 2.52 bits per heavy atom. The van der Waals surface area contributed by atoms with E-state index >= 15 is 0 Å². The first-order valence-electron chi connectivity index (χ1n) is 11.2. The van der Waals surface area contributed by atoms with Crippen LogP contribution in [0.15, 0.2) is 77.8 Å². The zero-order valence-electron chi connectivity index (χ0n) is 19.2. The van der Waals surface area contributed by atoms with Crippen LogP contribution in [0, 0.1) is 6.92 Å². The third kappa shape index (κ3) is 6.32. The van der Waals surface area contributed by atoms with E-state index in [1.807, 2.05) is 54.9 Å².